The second kappa shape index (κ2) is 6.69. The Balaban J connectivity index is 0.000000686. The highest BCUT2D eigenvalue weighted by Crippen LogP contribution is 2.21. The minimum absolute atomic E-state index is 0.856. The van der Waals surface area contributed by atoms with Gasteiger partial charge in [0.05, 0.1) is 12.8 Å². The zero-order chi connectivity index (χ0) is 12.7. The Kier molecular flexibility index (Phi) is 5.21. The quantitative estimate of drug-likeness (QED) is 0.773. The molecule has 0 fully saturated rings. The molecule has 0 N–H and O–H groups in total. The molecule has 0 amide bonds. The summed E-state index contributed by atoms with van der Waals surface area (Å²) in [7, 11) is 1.67. The second-order valence-electron chi connectivity index (χ2n) is 3.45. The molecule has 17 heavy (non-hydrogen) atoms. The normalized spacial score (nSPS) is 9.18. The fraction of sp³-hybridized carbons (Fsp3) is 0.267. The smallest absolute Gasteiger partial charge is 0.119 e. The third kappa shape index (κ3) is 3.59. The number of hydrogen-bond acceptors (Lipinski definition) is 2. The molecule has 0 aliphatic heterocycles. The summed E-state index contributed by atoms with van der Waals surface area (Å²) < 4.78 is 5.17. The molecule has 1 aromatic carbocycles. The van der Waals surface area contributed by atoms with Crippen LogP contribution in [0.2, 0.25) is 0 Å². The van der Waals surface area contributed by atoms with Crippen molar-refractivity contribution in [2.24, 2.45) is 0 Å². The molecule has 2 nitrogen and oxygen atoms in total. The monoisotopic (exact) mass is 229 g/mol. The number of hydrogen-bond donors (Lipinski definition) is 0. The minimum Gasteiger partial charge on any atom is -0.497 e. The molecule has 1 aromatic heterocycles. The van der Waals surface area contributed by atoms with Crippen LogP contribution in [0.1, 0.15) is 19.4 Å². The number of methoxy groups -OCH3 is 1. The first-order valence-corrected chi connectivity index (χ1v) is 5.86. The van der Waals surface area contributed by atoms with Gasteiger partial charge in [0.2, 0.25) is 0 Å². The standard InChI is InChI=1S/C13H13NO.C2H6/c1-10-6-7-13(14-9-10)11-4-3-5-12(8-11)15-2;1-2/h3-9H,1-2H3;1-2H3. The van der Waals surface area contributed by atoms with Crippen LogP contribution < -0.4 is 4.74 Å². The summed E-state index contributed by atoms with van der Waals surface area (Å²) in [6, 6.07) is 12.0. The van der Waals surface area contributed by atoms with E-state index in [4.69, 9.17) is 4.74 Å². The van der Waals surface area contributed by atoms with Crippen LogP contribution in [0.15, 0.2) is 42.6 Å². The average Bonchev–Trinajstić information content (AvgIpc) is 2.42. The van der Waals surface area contributed by atoms with Crippen molar-refractivity contribution in [3.63, 3.8) is 0 Å². The van der Waals surface area contributed by atoms with Gasteiger partial charge < -0.3 is 4.74 Å². The maximum absolute atomic E-state index is 5.17. The van der Waals surface area contributed by atoms with Gasteiger partial charge in [-0.3, -0.25) is 4.98 Å². The van der Waals surface area contributed by atoms with Crippen LogP contribution in [-0.2, 0) is 0 Å². The van der Waals surface area contributed by atoms with E-state index in [-0.39, 0.29) is 0 Å². The molecule has 0 bridgehead atoms. The van der Waals surface area contributed by atoms with Gasteiger partial charge in [0.15, 0.2) is 0 Å². The van der Waals surface area contributed by atoms with Crippen LogP contribution >= 0.6 is 0 Å². The van der Waals surface area contributed by atoms with Crippen molar-refractivity contribution in [1.29, 1.82) is 0 Å². The molecular formula is C15H19NO. The molecule has 2 heteroatoms. The van der Waals surface area contributed by atoms with Crippen LogP contribution in [0.25, 0.3) is 11.3 Å². The first kappa shape index (κ1) is 13.2. The van der Waals surface area contributed by atoms with Crippen molar-refractivity contribution in [3.05, 3.63) is 48.2 Å². The maximum atomic E-state index is 5.17. The molecule has 2 aromatic rings. The highest BCUT2D eigenvalue weighted by atomic mass is 16.5. The Labute approximate surface area is 103 Å². The van der Waals surface area contributed by atoms with E-state index in [1.807, 2.05) is 57.3 Å². The highest BCUT2D eigenvalue weighted by Gasteiger charge is 1.99. The summed E-state index contributed by atoms with van der Waals surface area (Å²) in [5, 5.41) is 0. The second-order valence-corrected chi connectivity index (χ2v) is 3.45. The number of aromatic nitrogens is 1. The van der Waals surface area contributed by atoms with Crippen molar-refractivity contribution >= 4 is 0 Å². The van der Waals surface area contributed by atoms with Gasteiger partial charge in [-0.05, 0) is 30.7 Å². The molecular weight excluding hydrogens is 210 g/mol. The van der Waals surface area contributed by atoms with Gasteiger partial charge in [-0.2, -0.15) is 0 Å². The van der Waals surface area contributed by atoms with E-state index in [1.54, 1.807) is 7.11 Å². The molecule has 0 atom stereocenters. The van der Waals surface area contributed by atoms with E-state index in [0.29, 0.717) is 0 Å². The van der Waals surface area contributed by atoms with E-state index in [1.165, 1.54) is 5.56 Å². The van der Waals surface area contributed by atoms with Crippen LogP contribution in [0, 0.1) is 6.92 Å². The van der Waals surface area contributed by atoms with Gasteiger partial charge in [-0.1, -0.05) is 32.0 Å². The van der Waals surface area contributed by atoms with Crippen molar-refractivity contribution in [2.75, 3.05) is 7.11 Å². The zero-order valence-electron chi connectivity index (χ0n) is 10.9. The third-order valence-electron chi connectivity index (χ3n) is 2.28. The highest BCUT2D eigenvalue weighted by molar-refractivity contribution is 5.61. The van der Waals surface area contributed by atoms with Crippen LogP contribution in [0.5, 0.6) is 5.75 Å². The molecule has 0 radical (unpaired) electrons. The maximum Gasteiger partial charge on any atom is 0.119 e. The predicted octanol–water partition coefficient (Wildman–Crippen LogP) is 4.09. The van der Waals surface area contributed by atoms with Crippen LogP contribution in [-0.4, -0.2) is 12.1 Å². The summed E-state index contributed by atoms with van der Waals surface area (Å²) in [6.07, 6.45) is 1.87. The largest absolute Gasteiger partial charge is 0.497 e. The summed E-state index contributed by atoms with van der Waals surface area (Å²) in [4.78, 5) is 4.37. The first-order valence-electron chi connectivity index (χ1n) is 5.86. The number of aryl methyl sites for hydroxylation is 1. The van der Waals surface area contributed by atoms with Gasteiger partial charge in [0.25, 0.3) is 0 Å². The molecule has 1 heterocycles. The van der Waals surface area contributed by atoms with E-state index >= 15 is 0 Å². The summed E-state index contributed by atoms with van der Waals surface area (Å²) in [5.41, 5.74) is 3.22. The third-order valence-corrected chi connectivity index (χ3v) is 2.28. The van der Waals surface area contributed by atoms with Gasteiger partial charge in [-0.15, -0.1) is 0 Å². The molecule has 2 rings (SSSR count). The fourth-order valence-electron chi connectivity index (χ4n) is 1.42. The SMILES string of the molecule is CC.COc1cccc(-c2ccc(C)cn2)c1. The number of rotatable bonds is 2. The molecule has 90 valence electrons. The fourth-order valence-corrected chi connectivity index (χ4v) is 1.42. The van der Waals surface area contributed by atoms with E-state index in [2.05, 4.69) is 11.1 Å². The van der Waals surface area contributed by atoms with Gasteiger partial charge in [0.1, 0.15) is 5.75 Å². The van der Waals surface area contributed by atoms with Crippen molar-refractivity contribution in [2.45, 2.75) is 20.8 Å². The lowest BCUT2D eigenvalue weighted by molar-refractivity contribution is 0.415. The number of pyridine rings is 1. The Morgan fingerprint density at radius 3 is 2.41 bits per heavy atom. The average molecular weight is 229 g/mol. The van der Waals surface area contributed by atoms with Crippen molar-refractivity contribution < 1.29 is 4.74 Å². The molecule has 0 saturated carbocycles. The Morgan fingerprint density at radius 1 is 1.06 bits per heavy atom. The molecule has 0 saturated heterocycles. The lowest BCUT2D eigenvalue weighted by atomic mass is 10.1. The molecule has 0 spiro atoms. The van der Waals surface area contributed by atoms with Crippen molar-refractivity contribution in [3.8, 4) is 17.0 Å². The van der Waals surface area contributed by atoms with Crippen molar-refractivity contribution in [1.82, 2.24) is 4.98 Å². The van der Waals surface area contributed by atoms with Crippen LogP contribution in [0.4, 0.5) is 0 Å². The molecule has 0 unspecified atom stereocenters. The number of nitrogens with zero attached hydrogens (tertiary/aromatic N) is 1. The van der Waals surface area contributed by atoms with Crippen LogP contribution in [0.3, 0.4) is 0 Å². The lowest BCUT2D eigenvalue weighted by Crippen LogP contribution is -1.86. The molecule has 0 aliphatic carbocycles. The Bertz CT molecular complexity index is 449. The zero-order valence-corrected chi connectivity index (χ0v) is 10.9. The summed E-state index contributed by atoms with van der Waals surface area (Å²) in [6.45, 7) is 6.03. The Morgan fingerprint density at radius 2 is 1.82 bits per heavy atom. The number of benzene rings is 1. The molecule has 0 aliphatic rings. The topological polar surface area (TPSA) is 22.1 Å². The van der Waals surface area contributed by atoms with Gasteiger partial charge in [-0.25, -0.2) is 0 Å². The van der Waals surface area contributed by atoms with E-state index in [9.17, 15) is 0 Å². The number of ether oxygens (including phenoxy) is 1. The van der Waals surface area contributed by atoms with Gasteiger partial charge in [0, 0.05) is 11.8 Å². The van der Waals surface area contributed by atoms with E-state index in [0.717, 1.165) is 17.0 Å². The van der Waals surface area contributed by atoms with E-state index < -0.39 is 0 Å². The summed E-state index contributed by atoms with van der Waals surface area (Å²) in [5.74, 6) is 0.856. The summed E-state index contributed by atoms with van der Waals surface area (Å²) >= 11 is 0. The lowest BCUT2D eigenvalue weighted by Gasteiger charge is -2.03. The van der Waals surface area contributed by atoms with Gasteiger partial charge >= 0.3 is 0 Å². The Hall–Kier alpha value is -1.83. The first-order chi connectivity index (χ1) is 8.29. The minimum atomic E-state index is 0.856. The predicted molar refractivity (Wildman–Crippen MR) is 72.3 cm³/mol.